The topological polar surface area (TPSA) is 63.1 Å². The Hall–Kier alpha value is -2.21. The Morgan fingerprint density at radius 2 is 1.89 bits per heavy atom. The first-order valence-electron chi connectivity index (χ1n) is 10.5. The van der Waals surface area contributed by atoms with Crippen molar-refractivity contribution in [1.82, 2.24) is 25.0 Å². The minimum atomic E-state index is -0.182. The van der Waals surface area contributed by atoms with Crippen LogP contribution in [0.15, 0.2) is 24.3 Å². The minimum absolute atomic E-state index is 0.0630. The summed E-state index contributed by atoms with van der Waals surface area (Å²) in [5.41, 5.74) is 1.69. The van der Waals surface area contributed by atoms with Gasteiger partial charge in [0.15, 0.2) is 5.82 Å². The molecule has 152 valence electrons. The average molecular weight is 384 g/mol. The fourth-order valence-electron chi connectivity index (χ4n) is 3.97. The third-order valence-electron chi connectivity index (χ3n) is 5.94. The van der Waals surface area contributed by atoms with Crippen molar-refractivity contribution in [2.75, 3.05) is 19.6 Å². The first kappa shape index (κ1) is 20.5. The number of fused-ring (bicyclic) bond motifs is 1. The summed E-state index contributed by atoms with van der Waals surface area (Å²) in [4.78, 5) is 15.2. The van der Waals surface area contributed by atoms with Gasteiger partial charge in [-0.3, -0.25) is 4.79 Å². The smallest absolute Gasteiger partial charge is 0.252 e. The number of hydrogen-bond acceptors (Lipinski definition) is 4. The number of aromatic nitrogens is 3. The van der Waals surface area contributed by atoms with Crippen molar-refractivity contribution in [2.24, 2.45) is 5.92 Å². The maximum Gasteiger partial charge on any atom is 0.252 e. The van der Waals surface area contributed by atoms with Crippen molar-refractivity contribution in [3.8, 4) is 0 Å². The normalized spacial score (nSPS) is 15.9. The van der Waals surface area contributed by atoms with Crippen LogP contribution in [0.5, 0.6) is 0 Å². The van der Waals surface area contributed by atoms with Crippen LogP contribution in [0.2, 0.25) is 0 Å². The van der Waals surface area contributed by atoms with Gasteiger partial charge in [0.05, 0.1) is 6.04 Å². The van der Waals surface area contributed by atoms with Crippen molar-refractivity contribution in [3.63, 3.8) is 0 Å². The molecule has 0 saturated heterocycles. The van der Waals surface area contributed by atoms with Gasteiger partial charge in [-0.15, -0.1) is 10.2 Å². The van der Waals surface area contributed by atoms with E-state index >= 15 is 0 Å². The number of amides is 1. The van der Waals surface area contributed by atoms with E-state index in [1.54, 1.807) is 0 Å². The van der Waals surface area contributed by atoms with Gasteiger partial charge in [-0.2, -0.15) is 0 Å². The zero-order chi connectivity index (χ0) is 20.1. The van der Waals surface area contributed by atoms with E-state index in [-0.39, 0.29) is 11.9 Å². The summed E-state index contributed by atoms with van der Waals surface area (Å²) in [6.07, 6.45) is 3.37. The quantitative estimate of drug-likeness (QED) is 0.796. The summed E-state index contributed by atoms with van der Waals surface area (Å²) in [7, 11) is 0. The molecular weight excluding hydrogens is 350 g/mol. The Kier molecular flexibility index (Phi) is 6.83. The Morgan fingerprint density at radius 1 is 1.14 bits per heavy atom. The molecule has 0 unspecified atom stereocenters. The lowest BCUT2D eigenvalue weighted by Gasteiger charge is -2.24. The van der Waals surface area contributed by atoms with Crippen LogP contribution >= 0.6 is 0 Å². The van der Waals surface area contributed by atoms with Crippen molar-refractivity contribution >= 4 is 5.91 Å². The largest absolute Gasteiger partial charge is 0.342 e. The number of hydrogen-bond donors (Lipinski definition) is 1. The molecule has 0 radical (unpaired) electrons. The van der Waals surface area contributed by atoms with Crippen LogP contribution in [0.4, 0.5) is 0 Å². The van der Waals surface area contributed by atoms with Crippen molar-refractivity contribution in [1.29, 1.82) is 0 Å². The lowest BCUT2D eigenvalue weighted by Crippen LogP contribution is -2.33. The molecule has 1 aliphatic rings. The second-order valence-electron chi connectivity index (χ2n) is 7.87. The molecule has 2 aromatic rings. The minimum Gasteiger partial charge on any atom is -0.342 e. The van der Waals surface area contributed by atoms with Crippen molar-refractivity contribution < 1.29 is 4.79 Å². The van der Waals surface area contributed by atoms with Crippen LogP contribution in [-0.2, 0) is 13.0 Å². The van der Waals surface area contributed by atoms with E-state index in [0.29, 0.717) is 5.56 Å². The van der Waals surface area contributed by atoms with E-state index in [1.807, 2.05) is 38.1 Å². The molecule has 0 spiro atoms. The Balaban J connectivity index is 1.67. The Morgan fingerprint density at radius 3 is 2.61 bits per heavy atom. The molecule has 0 aliphatic carbocycles. The van der Waals surface area contributed by atoms with Gasteiger partial charge in [-0.25, -0.2) is 0 Å². The molecule has 2 heterocycles. The number of rotatable bonds is 7. The number of benzene rings is 1. The molecule has 1 aromatic heterocycles. The van der Waals surface area contributed by atoms with E-state index in [0.717, 1.165) is 55.7 Å². The Labute approximate surface area is 168 Å². The van der Waals surface area contributed by atoms with Crippen LogP contribution < -0.4 is 5.32 Å². The summed E-state index contributed by atoms with van der Waals surface area (Å²) >= 11 is 0. The van der Waals surface area contributed by atoms with Gasteiger partial charge in [0.25, 0.3) is 5.91 Å². The van der Waals surface area contributed by atoms with Crippen LogP contribution in [0.25, 0.3) is 0 Å². The lowest BCUT2D eigenvalue weighted by atomic mass is 10.0. The Bertz CT molecular complexity index is 796. The molecule has 6 nitrogen and oxygen atoms in total. The highest BCUT2D eigenvalue weighted by Gasteiger charge is 2.24. The van der Waals surface area contributed by atoms with Gasteiger partial charge in [0.2, 0.25) is 0 Å². The summed E-state index contributed by atoms with van der Waals surface area (Å²) in [5.74, 6) is 2.57. The van der Waals surface area contributed by atoms with Crippen LogP contribution in [-0.4, -0.2) is 45.2 Å². The molecule has 3 rings (SSSR count). The van der Waals surface area contributed by atoms with Gasteiger partial charge < -0.3 is 14.8 Å². The SMILES string of the molecule is CCC(CC)CN1CCc2nnc([C@H](C)NC(=O)c3ccccc3C)n2CC1. The molecule has 1 aromatic carbocycles. The van der Waals surface area contributed by atoms with Gasteiger partial charge in [0, 0.05) is 38.2 Å². The summed E-state index contributed by atoms with van der Waals surface area (Å²) in [5, 5.41) is 11.9. The van der Waals surface area contributed by atoms with Crippen LogP contribution in [0, 0.1) is 12.8 Å². The zero-order valence-electron chi connectivity index (χ0n) is 17.6. The molecular formula is C22H33N5O. The van der Waals surface area contributed by atoms with Crippen LogP contribution in [0.3, 0.4) is 0 Å². The predicted molar refractivity (Wildman–Crippen MR) is 111 cm³/mol. The van der Waals surface area contributed by atoms with Gasteiger partial charge in [-0.1, -0.05) is 44.9 Å². The molecule has 28 heavy (non-hydrogen) atoms. The second-order valence-corrected chi connectivity index (χ2v) is 7.87. The molecule has 6 heteroatoms. The maximum absolute atomic E-state index is 12.7. The highest BCUT2D eigenvalue weighted by atomic mass is 16.1. The first-order chi connectivity index (χ1) is 13.5. The molecule has 1 aliphatic heterocycles. The lowest BCUT2D eigenvalue weighted by molar-refractivity contribution is 0.0937. The average Bonchev–Trinajstić information content (AvgIpc) is 3.00. The molecule has 1 amide bonds. The summed E-state index contributed by atoms with van der Waals surface area (Å²) in [6.45, 7) is 12.6. The van der Waals surface area contributed by atoms with E-state index in [4.69, 9.17) is 0 Å². The number of nitrogens with one attached hydrogen (secondary N) is 1. The van der Waals surface area contributed by atoms with Gasteiger partial charge >= 0.3 is 0 Å². The van der Waals surface area contributed by atoms with Crippen LogP contribution in [0.1, 0.15) is 67.2 Å². The van der Waals surface area contributed by atoms with E-state index in [9.17, 15) is 4.79 Å². The molecule has 1 atom stereocenters. The standard InChI is InChI=1S/C22H33N5O/c1-5-18(6-2)15-26-12-11-20-24-25-21(27(20)14-13-26)17(4)23-22(28)19-10-8-7-9-16(19)3/h7-10,17-18H,5-6,11-15H2,1-4H3,(H,23,28)/t17-/m0/s1. The van der Waals surface area contributed by atoms with Gasteiger partial charge in [-0.05, 0) is 31.4 Å². The van der Waals surface area contributed by atoms with E-state index in [2.05, 4.69) is 38.8 Å². The summed E-state index contributed by atoms with van der Waals surface area (Å²) in [6, 6.07) is 7.47. The van der Waals surface area contributed by atoms with Crippen molar-refractivity contribution in [2.45, 2.75) is 59.5 Å². The van der Waals surface area contributed by atoms with Crippen molar-refractivity contribution in [3.05, 3.63) is 47.0 Å². The monoisotopic (exact) mass is 383 g/mol. The maximum atomic E-state index is 12.7. The van der Waals surface area contributed by atoms with E-state index < -0.39 is 0 Å². The number of nitrogens with zero attached hydrogens (tertiary/aromatic N) is 4. The fourth-order valence-corrected chi connectivity index (χ4v) is 3.97. The highest BCUT2D eigenvalue weighted by Crippen LogP contribution is 2.18. The number of aryl methyl sites for hydroxylation is 1. The second kappa shape index (κ2) is 9.32. The molecule has 1 N–H and O–H groups in total. The van der Waals surface area contributed by atoms with Gasteiger partial charge in [0.1, 0.15) is 5.82 Å². The molecule has 0 bridgehead atoms. The number of carbonyl (C=O) groups excluding carboxylic acids is 1. The number of carbonyl (C=O) groups is 1. The third kappa shape index (κ3) is 4.61. The molecule has 0 saturated carbocycles. The summed E-state index contributed by atoms with van der Waals surface area (Å²) < 4.78 is 2.20. The predicted octanol–water partition coefficient (Wildman–Crippen LogP) is 3.37. The highest BCUT2D eigenvalue weighted by molar-refractivity contribution is 5.95. The third-order valence-corrected chi connectivity index (χ3v) is 5.94. The fraction of sp³-hybridized carbons (Fsp3) is 0.591. The zero-order valence-corrected chi connectivity index (χ0v) is 17.6. The first-order valence-corrected chi connectivity index (χ1v) is 10.5. The van der Waals surface area contributed by atoms with E-state index in [1.165, 1.54) is 12.8 Å². The molecule has 0 fully saturated rings.